The van der Waals surface area contributed by atoms with E-state index in [1.165, 1.54) is 11.1 Å². The number of hydrogen-bond donors (Lipinski definition) is 1. The molecule has 0 aromatic heterocycles. The Morgan fingerprint density at radius 3 is 2.59 bits per heavy atom. The molecule has 1 radical (unpaired) electrons. The molecule has 0 atom stereocenters. The number of halogens is 1. The smallest absolute Gasteiger partial charge is 0.0400 e. The van der Waals surface area contributed by atoms with Crippen molar-refractivity contribution in [3.63, 3.8) is 0 Å². The van der Waals surface area contributed by atoms with E-state index in [1.54, 1.807) is 0 Å². The summed E-state index contributed by atoms with van der Waals surface area (Å²) in [7, 11) is 0. The highest BCUT2D eigenvalue weighted by molar-refractivity contribution is 9.10. The Bertz CT molecular complexity index is 506. The lowest BCUT2D eigenvalue weighted by Gasteiger charge is -2.12. The molecule has 0 bridgehead atoms. The number of nitrogens with one attached hydrogen (secondary N) is 1. The molecule has 2 heteroatoms. The molecule has 0 fully saturated rings. The summed E-state index contributed by atoms with van der Waals surface area (Å²) in [6.45, 7) is 6.89. The summed E-state index contributed by atoms with van der Waals surface area (Å²) in [5, 5.41) is 3.44. The Hall–Kier alpha value is -1.28. The third kappa shape index (κ3) is 3.10. The topological polar surface area (TPSA) is 12.0 Å². The Labute approximate surface area is 111 Å². The van der Waals surface area contributed by atoms with Crippen molar-refractivity contribution in [2.45, 2.75) is 13.5 Å². The summed E-state index contributed by atoms with van der Waals surface area (Å²) in [5.41, 5.74) is 4.64. The Morgan fingerprint density at radius 2 is 1.88 bits per heavy atom. The molecule has 2 rings (SSSR count). The lowest BCUT2D eigenvalue weighted by Crippen LogP contribution is -2.01. The standard InChI is InChI=1S/C15H15BrN/c1-11-8-14(16)12(2)15(9-11)17-10-13-6-4-3-5-7-13/h3-9,17H,1,10H2,2H3. The van der Waals surface area contributed by atoms with E-state index in [0.717, 1.165) is 22.3 Å². The summed E-state index contributed by atoms with van der Waals surface area (Å²) < 4.78 is 1.10. The highest BCUT2D eigenvalue weighted by Gasteiger charge is 2.03. The average molecular weight is 289 g/mol. The quantitative estimate of drug-likeness (QED) is 0.874. The lowest BCUT2D eigenvalue weighted by atomic mass is 10.1. The van der Waals surface area contributed by atoms with Crippen molar-refractivity contribution in [3.8, 4) is 0 Å². The SMILES string of the molecule is [CH2]c1cc(Br)c(C)c(NCc2ccccc2)c1. The maximum absolute atomic E-state index is 3.97. The van der Waals surface area contributed by atoms with E-state index in [4.69, 9.17) is 0 Å². The van der Waals surface area contributed by atoms with Gasteiger partial charge in [0, 0.05) is 16.7 Å². The van der Waals surface area contributed by atoms with E-state index in [0.29, 0.717) is 0 Å². The summed E-state index contributed by atoms with van der Waals surface area (Å²) in [4.78, 5) is 0. The first-order chi connectivity index (χ1) is 8.16. The first-order valence-corrected chi connectivity index (χ1v) is 6.36. The van der Waals surface area contributed by atoms with Crippen LogP contribution in [0.15, 0.2) is 46.9 Å². The predicted molar refractivity (Wildman–Crippen MR) is 77.1 cm³/mol. The van der Waals surface area contributed by atoms with Gasteiger partial charge < -0.3 is 5.32 Å². The van der Waals surface area contributed by atoms with E-state index in [1.807, 2.05) is 12.1 Å². The third-order valence-corrected chi connectivity index (χ3v) is 3.55. The predicted octanol–water partition coefficient (Wildman–Crippen LogP) is 4.55. The number of anilines is 1. The minimum atomic E-state index is 0.831. The van der Waals surface area contributed by atoms with Crippen molar-refractivity contribution in [3.05, 3.63) is 70.6 Å². The van der Waals surface area contributed by atoms with Gasteiger partial charge in [-0.15, -0.1) is 0 Å². The van der Waals surface area contributed by atoms with Crippen molar-refractivity contribution in [1.29, 1.82) is 0 Å². The first-order valence-electron chi connectivity index (χ1n) is 5.57. The normalized spacial score (nSPS) is 10.3. The number of rotatable bonds is 3. The Morgan fingerprint density at radius 1 is 1.18 bits per heavy atom. The minimum Gasteiger partial charge on any atom is -0.381 e. The maximum Gasteiger partial charge on any atom is 0.0400 e. The van der Waals surface area contributed by atoms with Gasteiger partial charge in [0.25, 0.3) is 0 Å². The third-order valence-electron chi connectivity index (χ3n) is 2.73. The van der Waals surface area contributed by atoms with Crippen LogP contribution in [0.2, 0.25) is 0 Å². The van der Waals surface area contributed by atoms with Crippen molar-refractivity contribution in [2.75, 3.05) is 5.32 Å². The molecule has 0 spiro atoms. The van der Waals surface area contributed by atoms with Crippen molar-refractivity contribution >= 4 is 21.6 Å². The van der Waals surface area contributed by atoms with Gasteiger partial charge in [-0.1, -0.05) is 46.3 Å². The fraction of sp³-hybridized carbons (Fsp3) is 0.133. The molecule has 87 valence electrons. The highest BCUT2D eigenvalue weighted by Crippen LogP contribution is 2.26. The van der Waals surface area contributed by atoms with Crippen LogP contribution in [0.1, 0.15) is 16.7 Å². The van der Waals surface area contributed by atoms with Crippen molar-refractivity contribution in [2.24, 2.45) is 0 Å². The van der Waals surface area contributed by atoms with E-state index < -0.39 is 0 Å². The van der Waals surface area contributed by atoms with Gasteiger partial charge in [0.2, 0.25) is 0 Å². The maximum atomic E-state index is 3.97. The van der Waals surface area contributed by atoms with Crippen LogP contribution >= 0.6 is 15.9 Å². The van der Waals surface area contributed by atoms with Gasteiger partial charge in [0.1, 0.15) is 0 Å². The summed E-state index contributed by atoms with van der Waals surface area (Å²) >= 11 is 3.54. The van der Waals surface area contributed by atoms with Crippen molar-refractivity contribution < 1.29 is 0 Å². The molecule has 0 aliphatic rings. The molecule has 0 saturated heterocycles. The summed E-state index contributed by atoms with van der Waals surface area (Å²) in [5.74, 6) is 0. The van der Waals surface area contributed by atoms with Crippen LogP contribution in [-0.2, 0) is 6.54 Å². The van der Waals surface area contributed by atoms with Crippen LogP contribution in [0.5, 0.6) is 0 Å². The largest absolute Gasteiger partial charge is 0.381 e. The molecule has 2 aromatic rings. The molecule has 0 saturated carbocycles. The highest BCUT2D eigenvalue weighted by atomic mass is 79.9. The van der Waals surface area contributed by atoms with Crippen LogP contribution in [-0.4, -0.2) is 0 Å². The average Bonchev–Trinajstić information content (AvgIpc) is 2.33. The first kappa shape index (κ1) is 12.2. The molecule has 17 heavy (non-hydrogen) atoms. The van der Waals surface area contributed by atoms with Crippen molar-refractivity contribution in [1.82, 2.24) is 0 Å². The van der Waals surface area contributed by atoms with Crippen LogP contribution in [0.4, 0.5) is 5.69 Å². The van der Waals surface area contributed by atoms with E-state index in [-0.39, 0.29) is 0 Å². The van der Waals surface area contributed by atoms with Gasteiger partial charge in [-0.05, 0) is 42.7 Å². The Kier molecular flexibility index (Phi) is 3.85. The van der Waals surface area contributed by atoms with Crippen LogP contribution < -0.4 is 5.32 Å². The van der Waals surface area contributed by atoms with Crippen LogP contribution in [0.3, 0.4) is 0 Å². The molecule has 0 aliphatic heterocycles. The lowest BCUT2D eigenvalue weighted by molar-refractivity contribution is 1.14. The molecule has 2 aromatic carbocycles. The zero-order valence-electron chi connectivity index (χ0n) is 9.83. The van der Waals surface area contributed by atoms with Gasteiger partial charge in [-0.2, -0.15) is 0 Å². The second kappa shape index (κ2) is 5.37. The van der Waals surface area contributed by atoms with Crippen LogP contribution in [0.25, 0.3) is 0 Å². The molecule has 0 aliphatic carbocycles. The number of benzene rings is 2. The van der Waals surface area contributed by atoms with Crippen LogP contribution in [0, 0.1) is 13.8 Å². The van der Waals surface area contributed by atoms with Gasteiger partial charge >= 0.3 is 0 Å². The summed E-state index contributed by atoms with van der Waals surface area (Å²) in [6, 6.07) is 14.5. The zero-order chi connectivity index (χ0) is 12.3. The summed E-state index contributed by atoms with van der Waals surface area (Å²) in [6.07, 6.45) is 0. The van der Waals surface area contributed by atoms with Gasteiger partial charge in [-0.25, -0.2) is 0 Å². The molecule has 0 amide bonds. The fourth-order valence-electron chi connectivity index (χ4n) is 1.71. The van der Waals surface area contributed by atoms with E-state index in [9.17, 15) is 0 Å². The fourth-order valence-corrected chi connectivity index (χ4v) is 2.22. The number of hydrogen-bond acceptors (Lipinski definition) is 1. The molecule has 1 nitrogen and oxygen atoms in total. The zero-order valence-corrected chi connectivity index (χ0v) is 11.4. The van der Waals surface area contributed by atoms with E-state index >= 15 is 0 Å². The minimum absolute atomic E-state index is 0.831. The molecular formula is C15H15BrN. The monoisotopic (exact) mass is 288 g/mol. The molecular weight excluding hydrogens is 274 g/mol. The van der Waals surface area contributed by atoms with E-state index in [2.05, 4.69) is 65.4 Å². The second-order valence-corrected chi connectivity index (χ2v) is 4.94. The van der Waals surface area contributed by atoms with Gasteiger partial charge in [0.05, 0.1) is 0 Å². The molecule has 1 N–H and O–H groups in total. The second-order valence-electron chi connectivity index (χ2n) is 4.09. The Balaban J connectivity index is 2.14. The molecule has 0 heterocycles. The van der Waals surface area contributed by atoms with Gasteiger partial charge in [0.15, 0.2) is 0 Å². The molecule has 0 unspecified atom stereocenters. The van der Waals surface area contributed by atoms with Gasteiger partial charge in [-0.3, -0.25) is 0 Å².